The third-order valence-corrected chi connectivity index (χ3v) is 6.17. The maximum atomic E-state index is 12.9. The summed E-state index contributed by atoms with van der Waals surface area (Å²) in [6, 6.07) is 14.7. The van der Waals surface area contributed by atoms with Gasteiger partial charge in [0.05, 0.1) is 18.8 Å². The zero-order valence-corrected chi connectivity index (χ0v) is 19.2. The van der Waals surface area contributed by atoms with E-state index in [1.54, 1.807) is 18.2 Å². The van der Waals surface area contributed by atoms with E-state index in [-0.39, 0.29) is 42.7 Å². The van der Waals surface area contributed by atoms with Gasteiger partial charge in [0.2, 0.25) is 11.3 Å². The number of hydrogen-bond donors (Lipinski definition) is 0. The van der Waals surface area contributed by atoms with Gasteiger partial charge in [0, 0.05) is 24.9 Å². The Balaban J connectivity index is 1.35. The van der Waals surface area contributed by atoms with Gasteiger partial charge in [0.25, 0.3) is 11.1 Å². The number of benzene rings is 2. The van der Waals surface area contributed by atoms with E-state index < -0.39 is 6.23 Å². The normalized spacial score (nSPS) is 17.8. The lowest BCUT2D eigenvalue weighted by Crippen LogP contribution is -2.43. The molecule has 0 aromatic heterocycles. The van der Waals surface area contributed by atoms with Crippen LogP contribution in [-0.4, -0.2) is 58.8 Å². The van der Waals surface area contributed by atoms with Crippen LogP contribution in [0, 0.1) is 0 Å². The van der Waals surface area contributed by atoms with Gasteiger partial charge in [-0.1, -0.05) is 49.7 Å². The monoisotopic (exact) mass is 470 g/mol. The van der Waals surface area contributed by atoms with Gasteiger partial charge in [-0.05, 0) is 24.1 Å². The molecule has 1 unspecified atom stereocenters. The van der Waals surface area contributed by atoms with Crippen LogP contribution in [0.15, 0.2) is 48.5 Å². The van der Waals surface area contributed by atoms with E-state index in [1.807, 2.05) is 30.3 Å². The van der Waals surface area contributed by atoms with Gasteiger partial charge in [-0.3, -0.25) is 19.3 Å². The fourth-order valence-corrected chi connectivity index (χ4v) is 4.33. The second kappa shape index (κ2) is 10.7. The fourth-order valence-electron chi connectivity index (χ4n) is 3.59. The maximum absolute atomic E-state index is 12.9. The van der Waals surface area contributed by atoms with Crippen LogP contribution in [0.2, 0.25) is 0 Å². The molecule has 2 aromatic rings. The molecular weight excluding hydrogens is 444 g/mol. The van der Waals surface area contributed by atoms with Gasteiger partial charge in [0.1, 0.15) is 0 Å². The predicted octanol–water partition coefficient (Wildman–Crippen LogP) is 3.90. The lowest BCUT2D eigenvalue weighted by atomic mass is 10.1. The number of carbonyl (C=O) groups is 3. The van der Waals surface area contributed by atoms with E-state index >= 15 is 0 Å². The molecule has 4 rings (SSSR count). The van der Waals surface area contributed by atoms with Crippen LogP contribution in [0.5, 0.6) is 11.5 Å². The number of para-hydroxylation sites is 1. The predicted molar refractivity (Wildman–Crippen MR) is 123 cm³/mol. The van der Waals surface area contributed by atoms with Gasteiger partial charge in [-0.2, -0.15) is 0 Å². The molecule has 0 radical (unpaired) electrons. The van der Waals surface area contributed by atoms with E-state index in [4.69, 9.17) is 14.2 Å². The summed E-state index contributed by atoms with van der Waals surface area (Å²) in [6.45, 7) is 3.30. The highest BCUT2D eigenvalue weighted by atomic mass is 32.2. The second-order valence-corrected chi connectivity index (χ2v) is 8.66. The standard InChI is InChI=1S/C24H26N2O6S/c1-2-3-13-30-19-11-7-10-18-20(19)32-16-25(21(18)27)12-14-31-22-23(28)33-24(29)26(22)15-17-8-5-4-6-9-17/h4-11,22H,2-3,12-16H2,1H3. The first-order valence-corrected chi connectivity index (χ1v) is 11.8. The summed E-state index contributed by atoms with van der Waals surface area (Å²) in [5.41, 5.74) is 1.34. The largest absolute Gasteiger partial charge is 0.490 e. The van der Waals surface area contributed by atoms with Crippen LogP contribution in [-0.2, 0) is 16.1 Å². The number of rotatable bonds is 10. The van der Waals surface area contributed by atoms with Crippen LogP contribution in [0.25, 0.3) is 0 Å². The van der Waals surface area contributed by atoms with E-state index in [0.717, 1.165) is 18.4 Å². The lowest BCUT2D eigenvalue weighted by molar-refractivity contribution is -0.130. The van der Waals surface area contributed by atoms with Crippen molar-refractivity contribution in [2.75, 3.05) is 26.5 Å². The van der Waals surface area contributed by atoms with Crippen molar-refractivity contribution in [3.63, 3.8) is 0 Å². The zero-order chi connectivity index (χ0) is 23.2. The molecule has 1 saturated heterocycles. The van der Waals surface area contributed by atoms with Crippen molar-refractivity contribution in [3.05, 3.63) is 59.7 Å². The van der Waals surface area contributed by atoms with Gasteiger partial charge >= 0.3 is 0 Å². The Morgan fingerprint density at radius 2 is 1.88 bits per heavy atom. The summed E-state index contributed by atoms with van der Waals surface area (Å²) >= 11 is 0.647. The average molecular weight is 471 g/mol. The highest BCUT2D eigenvalue weighted by Crippen LogP contribution is 2.35. The highest BCUT2D eigenvalue weighted by Gasteiger charge is 2.40. The molecule has 33 heavy (non-hydrogen) atoms. The van der Waals surface area contributed by atoms with Crippen LogP contribution in [0.4, 0.5) is 4.79 Å². The molecule has 2 aromatic carbocycles. The Kier molecular flexibility index (Phi) is 7.51. The molecule has 1 atom stereocenters. The molecule has 9 heteroatoms. The average Bonchev–Trinajstić information content (AvgIpc) is 3.08. The van der Waals surface area contributed by atoms with Gasteiger partial charge < -0.3 is 19.1 Å². The smallest absolute Gasteiger partial charge is 0.292 e. The maximum Gasteiger partial charge on any atom is 0.292 e. The van der Waals surface area contributed by atoms with Crippen molar-refractivity contribution in [3.8, 4) is 11.5 Å². The Morgan fingerprint density at radius 3 is 2.67 bits per heavy atom. The number of nitrogens with zero attached hydrogens (tertiary/aromatic N) is 2. The molecule has 2 aliphatic rings. The Hall–Kier alpha value is -3.04. The van der Waals surface area contributed by atoms with E-state index in [2.05, 4.69) is 6.92 Å². The van der Waals surface area contributed by atoms with Crippen molar-refractivity contribution < 1.29 is 28.6 Å². The first-order valence-electron chi connectivity index (χ1n) is 10.9. The third-order valence-electron chi connectivity index (χ3n) is 5.36. The molecule has 8 nitrogen and oxygen atoms in total. The molecule has 0 saturated carbocycles. The molecule has 0 aliphatic carbocycles. The van der Waals surface area contributed by atoms with Crippen molar-refractivity contribution in [1.29, 1.82) is 0 Å². The summed E-state index contributed by atoms with van der Waals surface area (Å²) < 4.78 is 17.3. The lowest BCUT2D eigenvalue weighted by Gasteiger charge is -2.30. The third kappa shape index (κ3) is 5.31. The Labute approximate surface area is 196 Å². The topological polar surface area (TPSA) is 85.4 Å². The highest BCUT2D eigenvalue weighted by molar-refractivity contribution is 8.26. The van der Waals surface area contributed by atoms with Crippen LogP contribution >= 0.6 is 11.8 Å². The molecule has 2 heterocycles. The molecule has 0 spiro atoms. The van der Waals surface area contributed by atoms with Gasteiger partial charge in [-0.25, -0.2) is 0 Å². The molecule has 2 aliphatic heterocycles. The molecule has 2 amide bonds. The van der Waals surface area contributed by atoms with Gasteiger partial charge in [0.15, 0.2) is 18.2 Å². The number of hydrogen-bond acceptors (Lipinski definition) is 7. The van der Waals surface area contributed by atoms with Crippen molar-refractivity contribution in [1.82, 2.24) is 9.80 Å². The quantitative estimate of drug-likeness (QED) is 0.487. The van der Waals surface area contributed by atoms with Crippen molar-refractivity contribution >= 4 is 28.0 Å². The Morgan fingerprint density at radius 1 is 1.06 bits per heavy atom. The fraction of sp³-hybridized carbons (Fsp3) is 0.375. The molecular formula is C24H26N2O6S. The summed E-state index contributed by atoms with van der Waals surface area (Å²) in [6.07, 6.45) is 0.955. The van der Waals surface area contributed by atoms with Gasteiger partial charge in [-0.15, -0.1) is 0 Å². The number of ether oxygens (including phenoxy) is 3. The van der Waals surface area contributed by atoms with Crippen LogP contribution in [0.3, 0.4) is 0 Å². The van der Waals surface area contributed by atoms with E-state index in [0.29, 0.717) is 35.4 Å². The van der Waals surface area contributed by atoms with Crippen molar-refractivity contribution in [2.24, 2.45) is 0 Å². The first-order chi connectivity index (χ1) is 16.1. The van der Waals surface area contributed by atoms with E-state index in [1.165, 1.54) is 9.80 Å². The molecule has 174 valence electrons. The number of fused-ring (bicyclic) bond motifs is 1. The summed E-state index contributed by atoms with van der Waals surface area (Å²) in [7, 11) is 0. The van der Waals surface area contributed by atoms with Crippen molar-refractivity contribution in [2.45, 2.75) is 32.5 Å². The Bertz CT molecular complexity index is 1020. The summed E-state index contributed by atoms with van der Waals surface area (Å²) in [5.74, 6) is 0.830. The SMILES string of the molecule is CCCCOc1cccc2c1OCN(CCOC1C(=O)SC(=O)N1Cc1ccccc1)C2=O. The van der Waals surface area contributed by atoms with Crippen LogP contribution < -0.4 is 9.47 Å². The van der Waals surface area contributed by atoms with E-state index in [9.17, 15) is 14.4 Å². The summed E-state index contributed by atoms with van der Waals surface area (Å²) in [4.78, 5) is 40.4. The zero-order valence-electron chi connectivity index (χ0n) is 18.4. The minimum Gasteiger partial charge on any atom is -0.490 e. The number of carbonyl (C=O) groups excluding carboxylic acids is 3. The number of unbranched alkanes of at least 4 members (excludes halogenated alkanes) is 1. The molecule has 1 fully saturated rings. The molecule has 0 bridgehead atoms. The van der Waals surface area contributed by atoms with Crippen LogP contribution in [0.1, 0.15) is 35.7 Å². The second-order valence-electron chi connectivity index (χ2n) is 7.70. The minimum absolute atomic E-state index is 0.0589. The minimum atomic E-state index is -0.977. The molecule has 0 N–H and O–H groups in total. The first kappa shape index (κ1) is 23.1. The number of thioether (sulfide) groups is 1. The summed E-state index contributed by atoms with van der Waals surface area (Å²) in [5, 5.41) is -0.688. The number of amides is 2.